The average molecular weight is 207 g/mol. The predicted molar refractivity (Wildman–Crippen MR) is 52.3 cm³/mol. The summed E-state index contributed by atoms with van der Waals surface area (Å²) in [5.74, 6) is -1.29. The van der Waals surface area contributed by atoms with E-state index < -0.39 is 5.97 Å². The molecule has 0 saturated heterocycles. The molecule has 4 nitrogen and oxygen atoms in total. The fourth-order valence-corrected chi connectivity index (χ4v) is 1.21. The molecule has 1 rings (SSSR count). The van der Waals surface area contributed by atoms with Gasteiger partial charge in [-0.15, -0.1) is 0 Å². The van der Waals surface area contributed by atoms with Crippen LogP contribution >= 0.6 is 0 Å². The number of aliphatic carboxylic acids is 1. The highest BCUT2D eigenvalue weighted by atomic mass is 16.4. The van der Waals surface area contributed by atoms with Gasteiger partial charge in [-0.1, -0.05) is 24.3 Å². The second-order valence-corrected chi connectivity index (χ2v) is 3.00. The summed E-state index contributed by atoms with van der Waals surface area (Å²) < 4.78 is 0. The summed E-state index contributed by atoms with van der Waals surface area (Å²) in [7, 11) is 0. The van der Waals surface area contributed by atoms with E-state index in [0.717, 1.165) is 6.08 Å². The molecule has 80 valence electrons. The number of aliphatic hydroxyl groups is 2. The molecule has 0 atom stereocenters. The minimum Gasteiger partial charge on any atom is -0.545 e. The molecular weight excluding hydrogens is 196 g/mol. The lowest BCUT2D eigenvalue weighted by molar-refractivity contribution is -0.297. The largest absolute Gasteiger partial charge is 0.545 e. The van der Waals surface area contributed by atoms with Gasteiger partial charge < -0.3 is 20.1 Å². The van der Waals surface area contributed by atoms with E-state index in [2.05, 4.69) is 0 Å². The van der Waals surface area contributed by atoms with Gasteiger partial charge in [0, 0.05) is 0 Å². The Bertz CT molecular complexity index is 382. The maximum absolute atomic E-state index is 10.2. The molecule has 0 aromatic heterocycles. The lowest BCUT2D eigenvalue weighted by Crippen LogP contribution is -2.18. The van der Waals surface area contributed by atoms with Gasteiger partial charge in [-0.25, -0.2) is 0 Å². The molecule has 0 fully saturated rings. The molecule has 1 aromatic carbocycles. The smallest absolute Gasteiger partial charge is 0.0687 e. The van der Waals surface area contributed by atoms with Crippen molar-refractivity contribution in [2.24, 2.45) is 0 Å². The Morgan fingerprint density at radius 3 is 2.60 bits per heavy atom. The number of benzene rings is 1. The maximum atomic E-state index is 10.2. The van der Waals surface area contributed by atoms with Crippen molar-refractivity contribution in [1.82, 2.24) is 0 Å². The Hall–Kier alpha value is -1.65. The van der Waals surface area contributed by atoms with Crippen LogP contribution in [0, 0.1) is 0 Å². The van der Waals surface area contributed by atoms with Crippen molar-refractivity contribution in [2.45, 2.75) is 13.2 Å². The van der Waals surface area contributed by atoms with Crippen molar-refractivity contribution in [2.75, 3.05) is 0 Å². The first-order valence-corrected chi connectivity index (χ1v) is 4.40. The quantitative estimate of drug-likeness (QED) is 0.648. The normalized spacial score (nSPS) is 10.8. The summed E-state index contributed by atoms with van der Waals surface area (Å²) in [5.41, 5.74) is 1.84. The average Bonchev–Trinajstić information content (AvgIpc) is 2.25. The molecule has 0 bridgehead atoms. The van der Waals surface area contributed by atoms with Crippen molar-refractivity contribution < 1.29 is 20.1 Å². The third kappa shape index (κ3) is 3.19. The van der Waals surface area contributed by atoms with Gasteiger partial charge in [-0.05, 0) is 22.8 Å². The molecular formula is C11H11O4-. The number of carbonyl (C=O) groups is 1. The van der Waals surface area contributed by atoms with Gasteiger partial charge in [0.2, 0.25) is 0 Å². The molecule has 0 heterocycles. The second kappa shape index (κ2) is 5.29. The maximum Gasteiger partial charge on any atom is 0.0687 e. The topological polar surface area (TPSA) is 80.6 Å². The number of carboxylic acid groups (broad SMARTS) is 1. The van der Waals surface area contributed by atoms with Crippen LogP contribution in [-0.2, 0) is 18.0 Å². The zero-order valence-corrected chi connectivity index (χ0v) is 8.01. The lowest BCUT2D eigenvalue weighted by Gasteiger charge is -2.05. The van der Waals surface area contributed by atoms with E-state index in [9.17, 15) is 9.90 Å². The molecule has 4 heteroatoms. The fourth-order valence-electron chi connectivity index (χ4n) is 1.21. The molecule has 2 N–H and O–H groups in total. The molecule has 0 aliphatic rings. The van der Waals surface area contributed by atoms with E-state index in [1.165, 1.54) is 6.08 Å². The molecule has 1 aromatic rings. The van der Waals surface area contributed by atoms with Crippen molar-refractivity contribution >= 4 is 12.0 Å². The number of rotatable bonds is 4. The molecule has 0 unspecified atom stereocenters. The first-order chi connectivity index (χ1) is 7.17. The van der Waals surface area contributed by atoms with Gasteiger partial charge in [0.05, 0.1) is 19.2 Å². The van der Waals surface area contributed by atoms with Crippen molar-refractivity contribution in [3.63, 3.8) is 0 Å². The van der Waals surface area contributed by atoms with Gasteiger partial charge in [0.15, 0.2) is 0 Å². The van der Waals surface area contributed by atoms with Crippen LogP contribution in [0.1, 0.15) is 16.7 Å². The molecule has 0 radical (unpaired) electrons. The highest BCUT2D eigenvalue weighted by Crippen LogP contribution is 2.14. The van der Waals surface area contributed by atoms with E-state index >= 15 is 0 Å². The van der Waals surface area contributed by atoms with E-state index in [-0.39, 0.29) is 13.2 Å². The SMILES string of the molecule is O=C([O-])/C=C/c1ccc(CO)cc1CO. The summed E-state index contributed by atoms with van der Waals surface area (Å²) in [6, 6.07) is 4.92. The van der Waals surface area contributed by atoms with Crippen LogP contribution in [0.15, 0.2) is 24.3 Å². The molecule has 0 aliphatic carbocycles. The van der Waals surface area contributed by atoms with Gasteiger partial charge in [-0.2, -0.15) is 0 Å². The summed E-state index contributed by atoms with van der Waals surface area (Å²) in [6.07, 6.45) is 2.25. The van der Waals surface area contributed by atoms with E-state index in [1.807, 2.05) is 0 Å². The van der Waals surface area contributed by atoms with Gasteiger partial charge in [0.25, 0.3) is 0 Å². The molecule has 0 aliphatic heterocycles. The van der Waals surface area contributed by atoms with Crippen LogP contribution in [0.3, 0.4) is 0 Å². The number of carbonyl (C=O) groups excluding carboxylic acids is 1. The highest BCUT2D eigenvalue weighted by Gasteiger charge is 1.99. The van der Waals surface area contributed by atoms with Gasteiger partial charge >= 0.3 is 0 Å². The summed E-state index contributed by atoms with van der Waals surface area (Å²) in [4.78, 5) is 10.2. The first kappa shape index (κ1) is 11.4. The second-order valence-electron chi connectivity index (χ2n) is 3.00. The van der Waals surface area contributed by atoms with Crippen molar-refractivity contribution in [3.8, 4) is 0 Å². The van der Waals surface area contributed by atoms with E-state index in [4.69, 9.17) is 10.2 Å². The van der Waals surface area contributed by atoms with Crippen LogP contribution in [0.2, 0.25) is 0 Å². The number of hydrogen-bond donors (Lipinski definition) is 2. The minimum atomic E-state index is -1.29. The Balaban J connectivity index is 3.02. The monoisotopic (exact) mass is 207 g/mol. The number of hydrogen-bond acceptors (Lipinski definition) is 4. The van der Waals surface area contributed by atoms with Crippen LogP contribution in [-0.4, -0.2) is 16.2 Å². The summed E-state index contributed by atoms with van der Waals surface area (Å²) in [6.45, 7) is -0.321. The zero-order chi connectivity index (χ0) is 11.3. The zero-order valence-electron chi connectivity index (χ0n) is 8.01. The third-order valence-electron chi connectivity index (χ3n) is 1.96. The first-order valence-electron chi connectivity index (χ1n) is 4.40. The minimum absolute atomic E-state index is 0.114. The number of carboxylic acids is 1. The predicted octanol–water partition coefficient (Wildman–Crippen LogP) is -0.566. The van der Waals surface area contributed by atoms with Crippen LogP contribution in [0.4, 0.5) is 0 Å². The van der Waals surface area contributed by atoms with Gasteiger partial charge in [0.1, 0.15) is 0 Å². The van der Waals surface area contributed by atoms with Crippen molar-refractivity contribution in [1.29, 1.82) is 0 Å². The number of aliphatic hydroxyl groups excluding tert-OH is 2. The highest BCUT2D eigenvalue weighted by molar-refractivity contribution is 5.83. The van der Waals surface area contributed by atoms with E-state index in [1.54, 1.807) is 18.2 Å². The van der Waals surface area contributed by atoms with E-state index in [0.29, 0.717) is 16.7 Å². The Kier molecular flexibility index (Phi) is 4.03. The standard InChI is InChI=1S/C11H12O4/c12-6-8-1-2-9(3-4-11(14)15)10(5-8)7-13/h1-5,12-13H,6-7H2,(H,14,15)/p-1/b4-3+. The Morgan fingerprint density at radius 1 is 1.33 bits per heavy atom. The molecule has 0 spiro atoms. The van der Waals surface area contributed by atoms with Crippen LogP contribution < -0.4 is 5.11 Å². The molecule has 0 saturated carbocycles. The summed E-state index contributed by atoms with van der Waals surface area (Å²) in [5, 5.41) is 28.1. The third-order valence-corrected chi connectivity index (χ3v) is 1.96. The Labute approximate surface area is 87.1 Å². The van der Waals surface area contributed by atoms with Gasteiger partial charge in [-0.3, -0.25) is 0 Å². The molecule has 0 amide bonds. The summed E-state index contributed by atoms with van der Waals surface area (Å²) >= 11 is 0. The lowest BCUT2D eigenvalue weighted by atomic mass is 10.0. The van der Waals surface area contributed by atoms with Crippen LogP contribution in [0.25, 0.3) is 6.08 Å². The molecule has 15 heavy (non-hydrogen) atoms. The Morgan fingerprint density at radius 2 is 2.07 bits per heavy atom. The van der Waals surface area contributed by atoms with Crippen molar-refractivity contribution in [3.05, 3.63) is 41.0 Å². The fraction of sp³-hybridized carbons (Fsp3) is 0.182. The van der Waals surface area contributed by atoms with Crippen LogP contribution in [0.5, 0.6) is 0 Å².